The highest BCUT2D eigenvalue weighted by atomic mass is 35.5. The molecule has 0 spiro atoms. The molecule has 0 saturated carbocycles. The van der Waals surface area contributed by atoms with E-state index >= 15 is 0 Å². The number of carbonyl (C=O) groups is 1. The minimum atomic E-state index is -0.480. The highest BCUT2D eigenvalue weighted by molar-refractivity contribution is 6.27. The van der Waals surface area contributed by atoms with Gasteiger partial charge in [-0.1, -0.05) is 18.2 Å². The standard InChI is InChI=1S/C8H11N.C2H4ClNO/c1-7-5-3-4-6-8(7)9-2;3-1-2(4)5/h3-6,9H,1-2H3;1H2,(H2,4,5). The average molecular weight is 215 g/mol. The molecular formula is C10H15ClN2O. The summed E-state index contributed by atoms with van der Waals surface area (Å²) >= 11 is 4.86. The van der Waals surface area contributed by atoms with Crippen LogP contribution in [0.4, 0.5) is 5.69 Å². The molecule has 3 N–H and O–H groups in total. The lowest BCUT2D eigenvalue weighted by atomic mass is 10.2. The highest BCUT2D eigenvalue weighted by Gasteiger charge is 1.88. The molecule has 1 aromatic rings. The zero-order valence-electron chi connectivity index (χ0n) is 8.38. The zero-order chi connectivity index (χ0) is 11.0. The molecule has 0 aromatic heterocycles. The molecule has 0 saturated heterocycles. The van der Waals surface area contributed by atoms with Gasteiger partial charge in [0.25, 0.3) is 0 Å². The van der Waals surface area contributed by atoms with Gasteiger partial charge in [-0.2, -0.15) is 0 Å². The van der Waals surface area contributed by atoms with E-state index in [-0.39, 0.29) is 5.88 Å². The molecule has 0 atom stereocenters. The Kier molecular flexibility index (Phi) is 6.58. The molecule has 0 unspecified atom stereocenters. The van der Waals surface area contributed by atoms with Gasteiger partial charge in [0.05, 0.1) is 0 Å². The molecule has 3 nitrogen and oxygen atoms in total. The second-order valence-corrected chi connectivity index (χ2v) is 2.93. The Hall–Kier alpha value is -1.22. The lowest BCUT2D eigenvalue weighted by Crippen LogP contribution is -2.10. The highest BCUT2D eigenvalue weighted by Crippen LogP contribution is 2.10. The molecule has 0 aliphatic heterocycles. The summed E-state index contributed by atoms with van der Waals surface area (Å²) in [7, 11) is 1.93. The van der Waals surface area contributed by atoms with Crippen LogP contribution in [0.15, 0.2) is 24.3 Å². The Morgan fingerprint density at radius 1 is 1.50 bits per heavy atom. The van der Waals surface area contributed by atoms with E-state index in [0.29, 0.717) is 0 Å². The monoisotopic (exact) mass is 214 g/mol. The fraction of sp³-hybridized carbons (Fsp3) is 0.300. The van der Waals surface area contributed by atoms with Crippen LogP contribution in [-0.4, -0.2) is 18.8 Å². The van der Waals surface area contributed by atoms with Crippen LogP contribution in [-0.2, 0) is 4.79 Å². The minimum Gasteiger partial charge on any atom is -0.388 e. The zero-order valence-corrected chi connectivity index (χ0v) is 9.14. The van der Waals surface area contributed by atoms with Crippen LogP contribution in [0.25, 0.3) is 0 Å². The summed E-state index contributed by atoms with van der Waals surface area (Å²) in [5, 5.41) is 3.10. The van der Waals surface area contributed by atoms with Crippen LogP contribution < -0.4 is 11.1 Å². The van der Waals surface area contributed by atoms with Crippen LogP contribution in [0.5, 0.6) is 0 Å². The first-order chi connectivity index (χ1) is 6.61. The van der Waals surface area contributed by atoms with Crippen LogP contribution in [0, 0.1) is 6.92 Å². The van der Waals surface area contributed by atoms with E-state index in [4.69, 9.17) is 11.6 Å². The molecule has 14 heavy (non-hydrogen) atoms. The molecule has 1 amide bonds. The number of hydrogen-bond acceptors (Lipinski definition) is 2. The number of carbonyl (C=O) groups excluding carboxylic acids is 1. The molecular weight excluding hydrogens is 200 g/mol. The third-order valence-corrected chi connectivity index (χ3v) is 1.81. The molecule has 1 aromatic carbocycles. The van der Waals surface area contributed by atoms with Gasteiger partial charge in [0, 0.05) is 12.7 Å². The summed E-state index contributed by atoms with van der Waals surface area (Å²) in [6.07, 6.45) is 0. The first kappa shape index (κ1) is 12.8. The van der Waals surface area contributed by atoms with Crippen molar-refractivity contribution in [2.75, 3.05) is 18.2 Å². The van der Waals surface area contributed by atoms with Crippen molar-refractivity contribution in [3.63, 3.8) is 0 Å². The summed E-state index contributed by atoms with van der Waals surface area (Å²) in [6.45, 7) is 2.09. The van der Waals surface area contributed by atoms with E-state index in [1.807, 2.05) is 19.2 Å². The largest absolute Gasteiger partial charge is 0.388 e. The van der Waals surface area contributed by atoms with Crippen LogP contribution >= 0.6 is 11.6 Å². The van der Waals surface area contributed by atoms with E-state index in [9.17, 15) is 4.79 Å². The predicted molar refractivity (Wildman–Crippen MR) is 60.6 cm³/mol. The summed E-state index contributed by atoms with van der Waals surface area (Å²) in [6, 6.07) is 8.22. The summed E-state index contributed by atoms with van der Waals surface area (Å²) < 4.78 is 0. The van der Waals surface area contributed by atoms with E-state index in [2.05, 4.69) is 30.1 Å². The number of nitrogens with one attached hydrogen (secondary N) is 1. The van der Waals surface area contributed by atoms with Crippen molar-refractivity contribution in [3.8, 4) is 0 Å². The summed E-state index contributed by atoms with van der Waals surface area (Å²) in [5.74, 6) is -0.563. The number of nitrogens with two attached hydrogens (primary N) is 1. The summed E-state index contributed by atoms with van der Waals surface area (Å²) in [4.78, 5) is 9.46. The van der Waals surface area contributed by atoms with E-state index < -0.39 is 5.91 Å². The first-order valence-electron chi connectivity index (χ1n) is 4.19. The molecule has 0 heterocycles. The van der Waals surface area contributed by atoms with Crippen LogP contribution in [0.2, 0.25) is 0 Å². The molecule has 0 fully saturated rings. The van der Waals surface area contributed by atoms with Gasteiger partial charge < -0.3 is 11.1 Å². The Bertz CT molecular complexity index is 289. The fourth-order valence-corrected chi connectivity index (χ4v) is 0.853. The minimum absolute atomic E-state index is 0.0833. The van der Waals surface area contributed by atoms with Gasteiger partial charge in [0.1, 0.15) is 5.88 Å². The number of anilines is 1. The second-order valence-electron chi connectivity index (χ2n) is 2.66. The maximum absolute atomic E-state index is 9.46. The third kappa shape index (κ3) is 5.43. The number of alkyl halides is 1. The fourth-order valence-electron chi connectivity index (χ4n) is 0.853. The Morgan fingerprint density at radius 2 is 2.00 bits per heavy atom. The van der Waals surface area contributed by atoms with E-state index in [0.717, 1.165) is 0 Å². The van der Waals surface area contributed by atoms with Crippen molar-refractivity contribution < 1.29 is 4.79 Å². The number of hydrogen-bond donors (Lipinski definition) is 2. The third-order valence-electron chi connectivity index (χ3n) is 1.55. The van der Waals surface area contributed by atoms with Gasteiger partial charge in [-0.15, -0.1) is 11.6 Å². The Balaban J connectivity index is 0.000000292. The van der Waals surface area contributed by atoms with Gasteiger partial charge >= 0.3 is 0 Å². The first-order valence-corrected chi connectivity index (χ1v) is 4.73. The number of benzene rings is 1. The van der Waals surface area contributed by atoms with Crippen molar-refractivity contribution in [2.45, 2.75) is 6.92 Å². The normalized spacial score (nSPS) is 8.50. The number of rotatable bonds is 2. The number of amides is 1. The van der Waals surface area contributed by atoms with Crippen molar-refractivity contribution in [3.05, 3.63) is 29.8 Å². The Labute approximate surface area is 89.3 Å². The Morgan fingerprint density at radius 3 is 2.29 bits per heavy atom. The quantitative estimate of drug-likeness (QED) is 0.737. The maximum Gasteiger partial charge on any atom is 0.232 e. The van der Waals surface area contributed by atoms with Gasteiger partial charge in [-0.05, 0) is 18.6 Å². The van der Waals surface area contributed by atoms with E-state index in [1.54, 1.807) is 0 Å². The smallest absolute Gasteiger partial charge is 0.232 e. The van der Waals surface area contributed by atoms with Crippen molar-refractivity contribution in [1.82, 2.24) is 0 Å². The molecule has 0 bridgehead atoms. The summed E-state index contributed by atoms with van der Waals surface area (Å²) in [5.41, 5.74) is 7.02. The predicted octanol–water partition coefficient (Wildman–Crippen LogP) is 1.75. The molecule has 4 heteroatoms. The number of aryl methyl sites for hydroxylation is 1. The lowest BCUT2D eigenvalue weighted by Gasteiger charge is -2.01. The van der Waals surface area contributed by atoms with E-state index in [1.165, 1.54) is 11.3 Å². The lowest BCUT2D eigenvalue weighted by molar-refractivity contribution is -0.115. The van der Waals surface area contributed by atoms with Crippen molar-refractivity contribution >= 4 is 23.2 Å². The second kappa shape index (κ2) is 7.21. The van der Waals surface area contributed by atoms with Gasteiger partial charge in [0.15, 0.2) is 0 Å². The van der Waals surface area contributed by atoms with Gasteiger partial charge in [-0.3, -0.25) is 4.79 Å². The number of halogens is 1. The molecule has 0 radical (unpaired) electrons. The van der Waals surface area contributed by atoms with Crippen molar-refractivity contribution in [2.24, 2.45) is 5.73 Å². The van der Waals surface area contributed by atoms with Gasteiger partial charge in [-0.25, -0.2) is 0 Å². The molecule has 78 valence electrons. The van der Waals surface area contributed by atoms with Crippen LogP contribution in [0.1, 0.15) is 5.56 Å². The molecule has 0 aliphatic rings. The molecule has 1 rings (SSSR count). The van der Waals surface area contributed by atoms with Crippen molar-refractivity contribution in [1.29, 1.82) is 0 Å². The molecule has 0 aliphatic carbocycles. The SMILES string of the molecule is CNc1ccccc1C.NC(=O)CCl. The average Bonchev–Trinajstić information content (AvgIpc) is 2.19. The topological polar surface area (TPSA) is 55.1 Å². The number of primary amides is 1. The maximum atomic E-state index is 9.46. The number of para-hydroxylation sites is 1. The van der Waals surface area contributed by atoms with Gasteiger partial charge in [0.2, 0.25) is 5.91 Å². The van der Waals surface area contributed by atoms with Crippen LogP contribution in [0.3, 0.4) is 0 Å².